The molecule has 1 aliphatic heterocycles. The van der Waals surface area contributed by atoms with Gasteiger partial charge in [0.15, 0.2) is 0 Å². The van der Waals surface area contributed by atoms with E-state index in [2.05, 4.69) is 33.8 Å². The molecule has 2 atom stereocenters. The van der Waals surface area contributed by atoms with Crippen LogP contribution in [0.15, 0.2) is 30.5 Å². The Hall–Kier alpha value is -1.79. The lowest BCUT2D eigenvalue weighted by molar-refractivity contribution is -0.139. The Bertz CT molecular complexity index is 917. The molecule has 2 aliphatic rings. The fourth-order valence-corrected chi connectivity index (χ4v) is 6.65. The van der Waals surface area contributed by atoms with E-state index in [1.54, 1.807) is 7.11 Å². The SMILES string of the molecule is COc1ccc2nccc(CCC[C@@H]3CCN(CCCSC4CCC4)C[C@@H]3CC(=O)O)c2c1. The van der Waals surface area contributed by atoms with E-state index in [4.69, 9.17) is 4.74 Å². The van der Waals surface area contributed by atoms with Crippen LogP contribution >= 0.6 is 11.8 Å². The molecule has 33 heavy (non-hydrogen) atoms. The summed E-state index contributed by atoms with van der Waals surface area (Å²) in [7, 11) is 1.69. The first-order chi connectivity index (χ1) is 16.1. The number of nitrogens with zero attached hydrogens (tertiary/aromatic N) is 2. The summed E-state index contributed by atoms with van der Waals surface area (Å²) in [4.78, 5) is 18.6. The first-order valence-corrected chi connectivity index (χ1v) is 13.6. The number of ether oxygens (including phenoxy) is 1. The van der Waals surface area contributed by atoms with Gasteiger partial charge in [0.2, 0.25) is 0 Å². The summed E-state index contributed by atoms with van der Waals surface area (Å²) in [6.07, 6.45) is 11.9. The predicted molar refractivity (Wildman–Crippen MR) is 136 cm³/mol. The molecule has 0 radical (unpaired) electrons. The molecule has 2 fully saturated rings. The van der Waals surface area contributed by atoms with Crippen LogP contribution in [0.3, 0.4) is 0 Å². The van der Waals surface area contributed by atoms with Crippen molar-refractivity contribution in [3.63, 3.8) is 0 Å². The molecule has 0 unspecified atom stereocenters. The quantitative estimate of drug-likeness (QED) is 0.404. The number of pyridine rings is 1. The second-order valence-electron chi connectivity index (χ2n) is 9.73. The van der Waals surface area contributed by atoms with Crippen molar-refractivity contribution in [3.05, 3.63) is 36.0 Å². The molecule has 1 aromatic carbocycles. The smallest absolute Gasteiger partial charge is 0.303 e. The van der Waals surface area contributed by atoms with Gasteiger partial charge in [-0.2, -0.15) is 11.8 Å². The van der Waals surface area contributed by atoms with Crippen LogP contribution in [0.5, 0.6) is 5.75 Å². The second kappa shape index (κ2) is 12.1. The highest BCUT2D eigenvalue weighted by Crippen LogP contribution is 2.33. The normalized spacial score (nSPS) is 21.7. The highest BCUT2D eigenvalue weighted by atomic mass is 32.2. The molecule has 1 saturated heterocycles. The lowest BCUT2D eigenvalue weighted by Crippen LogP contribution is -2.42. The number of fused-ring (bicyclic) bond motifs is 1. The average Bonchev–Trinajstić information content (AvgIpc) is 2.78. The minimum absolute atomic E-state index is 0.268. The number of thioether (sulfide) groups is 1. The standard InChI is InChI=1S/C27H38N2O3S/c1-32-23-9-10-26-25(18-23)21(11-13-28-26)6-2-5-20-12-15-29(19-22(20)17-27(30)31)14-4-16-33-24-7-3-8-24/h9-11,13,18,20,22,24H,2-8,12,14-17,19H2,1H3,(H,30,31)/t20-,22+/m1/s1. The van der Waals surface area contributed by atoms with Crippen molar-refractivity contribution in [2.45, 2.75) is 63.0 Å². The van der Waals surface area contributed by atoms with Gasteiger partial charge in [-0.1, -0.05) is 6.42 Å². The molecule has 5 nitrogen and oxygen atoms in total. The summed E-state index contributed by atoms with van der Waals surface area (Å²) < 4.78 is 5.40. The van der Waals surface area contributed by atoms with Crippen molar-refractivity contribution in [2.75, 3.05) is 32.5 Å². The van der Waals surface area contributed by atoms with Crippen LogP contribution < -0.4 is 4.74 Å². The number of aromatic nitrogens is 1. The van der Waals surface area contributed by atoms with E-state index >= 15 is 0 Å². The van der Waals surface area contributed by atoms with Gasteiger partial charge >= 0.3 is 5.97 Å². The van der Waals surface area contributed by atoms with Gasteiger partial charge in [-0.15, -0.1) is 0 Å². The van der Waals surface area contributed by atoms with Crippen LogP contribution in [0.1, 0.15) is 56.9 Å². The Morgan fingerprint density at radius 1 is 1.21 bits per heavy atom. The number of rotatable bonds is 12. The Morgan fingerprint density at radius 2 is 2.09 bits per heavy atom. The summed E-state index contributed by atoms with van der Waals surface area (Å²) in [5.41, 5.74) is 2.30. The minimum atomic E-state index is -0.653. The van der Waals surface area contributed by atoms with Gasteiger partial charge in [-0.25, -0.2) is 0 Å². The number of carbonyl (C=O) groups is 1. The van der Waals surface area contributed by atoms with Crippen molar-refractivity contribution < 1.29 is 14.6 Å². The van der Waals surface area contributed by atoms with E-state index in [9.17, 15) is 9.90 Å². The first-order valence-electron chi connectivity index (χ1n) is 12.6. The van der Waals surface area contributed by atoms with Gasteiger partial charge < -0.3 is 14.7 Å². The minimum Gasteiger partial charge on any atom is -0.497 e. The van der Waals surface area contributed by atoms with Gasteiger partial charge in [-0.3, -0.25) is 9.78 Å². The summed E-state index contributed by atoms with van der Waals surface area (Å²) in [5.74, 6) is 2.23. The van der Waals surface area contributed by atoms with Gasteiger partial charge in [0, 0.05) is 29.8 Å². The zero-order valence-electron chi connectivity index (χ0n) is 19.9. The maximum Gasteiger partial charge on any atom is 0.303 e. The van der Waals surface area contributed by atoms with Crippen molar-refractivity contribution in [2.24, 2.45) is 11.8 Å². The number of carboxylic acid groups (broad SMARTS) is 1. The van der Waals surface area contributed by atoms with E-state index in [1.165, 1.54) is 37.0 Å². The van der Waals surface area contributed by atoms with E-state index in [1.807, 2.05) is 18.3 Å². The highest BCUT2D eigenvalue weighted by molar-refractivity contribution is 7.99. The average molecular weight is 471 g/mol. The van der Waals surface area contributed by atoms with E-state index < -0.39 is 5.97 Å². The topological polar surface area (TPSA) is 62.7 Å². The molecule has 0 spiro atoms. The Balaban J connectivity index is 1.28. The zero-order chi connectivity index (χ0) is 23.0. The number of benzene rings is 1. The molecule has 1 N–H and O–H groups in total. The molecular formula is C27H38N2O3S. The number of carboxylic acids is 1. The number of hydrogen-bond donors (Lipinski definition) is 1. The highest BCUT2D eigenvalue weighted by Gasteiger charge is 2.30. The van der Waals surface area contributed by atoms with Crippen LogP contribution in [0.4, 0.5) is 0 Å². The summed E-state index contributed by atoms with van der Waals surface area (Å²) in [6.45, 7) is 3.18. The molecule has 0 amide bonds. The van der Waals surface area contributed by atoms with Crippen LogP contribution in [0.25, 0.3) is 10.9 Å². The van der Waals surface area contributed by atoms with Gasteiger partial charge in [0.05, 0.1) is 12.6 Å². The number of aliphatic carboxylic acids is 1. The zero-order valence-corrected chi connectivity index (χ0v) is 20.7. The van der Waals surface area contributed by atoms with Crippen LogP contribution in [0.2, 0.25) is 0 Å². The second-order valence-corrected chi connectivity index (χ2v) is 11.1. The third kappa shape index (κ3) is 6.86. The van der Waals surface area contributed by atoms with Crippen molar-refractivity contribution in [3.8, 4) is 5.75 Å². The maximum atomic E-state index is 11.6. The molecule has 4 rings (SSSR count). The number of hydrogen-bond acceptors (Lipinski definition) is 5. The fourth-order valence-electron chi connectivity index (χ4n) is 5.35. The molecule has 6 heteroatoms. The van der Waals surface area contributed by atoms with Gasteiger partial charge in [-0.05, 0) is 105 Å². The molecule has 1 saturated carbocycles. The van der Waals surface area contributed by atoms with E-state index in [0.717, 1.165) is 67.2 Å². The fraction of sp³-hybridized carbons (Fsp3) is 0.630. The lowest BCUT2D eigenvalue weighted by Gasteiger charge is -2.38. The predicted octanol–water partition coefficient (Wildman–Crippen LogP) is 5.65. The van der Waals surface area contributed by atoms with Gasteiger partial charge in [0.1, 0.15) is 5.75 Å². The van der Waals surface area contributed by atoms with Crippen LogP contribution in [-0.4, -0.2) is 58.7 Å². The molecule has 0 bridgehead atoms. The largest absolute Gasteiger partial charge is 0.497 e. The van der Waals surface area contributed by atoms with E-state index in [0.29, 0.717) is 12.3 Å². The third-order valence-corrected chi connectivity index (χ3v) is 8.96. The Kier molecular flexibility index (Phi) is 8.90. The maximum absolute atomic E-state index is 11.6. The summed E-state index contributed by atoms with van der Waals surface area (Å²) in [6, 6.07) is 8.16. The number of methoxy groups -OCH3 is 1. The number of aryl methyl sites for hydroxylation is 1. The molecule has 2 heterocycles. The van der Waals surface area contributed by atoms with Crippen molar-refractivity contribution in [1.82, 2.24) is 9.88 Å². The molecule has 2 aromatic rings. The molecule has 1 aromatic heterocycles. The first kappa shape index (κ1) is 24.3. The Morgan fingerprint density at radius 3 is 2.85 bits per heavy atom. The lowest BCUT2D eigenvalue weighted by atomic mass is 9.80. The van der Waals surface area contributed by atoms with E-state index in [-0.39, 0.29) is 5.92 Å². The molecule has 1 aliphatic carbocycles. The Labute approximate surface area is 202 Å². The van der Waals surface area contributed by atoms with Gasteiger partial charge in [0.25, 0.3) is 0 Å². The van der Waals surface area contributed by atoms with Crippen LogP contribution in [0, 0.1) is 11.8 Å². The molecular weight excluding hydrogens is 432 g/mol. The van der Waals surface area contributed by atoms with Crippen LogP contribution in [-0.2, 0) is 11.2 Å². The number of piperidine rings is 1. The monoisotopic (exact) mass is 470 g/mol. The molecule has 180 valence electrons. The third-order valence-electron chi connectivity index (χ3n) is 7.50. The van der Waals surface area contributed by atoms with Crippen molar-refractivity contribution >= 4 is 28.6 Å². The van der Waals surface area contributed by atoms with Crippen molar-refractivity contribution in [1.29, 1.82) is 0 Å². The number of likely N-dealkylation sites (tertiary alicyclic amines) is 1. The summed E-state index contributed by atoms with van der Waals surface area (Å²) in [5, 5.41) is 11.6. The summed E-state index contributed by atoms with van der Waals surface area (Å²) >= 11 is 2.14.